The van der Waals surface area contributed by atoms with Crippen molar-refractivity contribution >= 4 is 11.9 Å². The molecular weight excluding hydrogens is 476 g/mol. The maximum absolute atomic E-state index is 13.6. The SMILES string of the molecule is CCOC(=O)C1CCCN(C(=O)c2nn(-c3ccc(OC)cc3)c(=O)n(Cc3ccc(C)cc3)c2=O)C1. The molecule has 0 spiro atoms. The smallest absolute Gasteiger partial charge is 0.352 e. The number of amides is 1. The van der Waals surface area contributed by atoms with Crippen LogP contribution in [0.25, 0.3) is 5.69 Å². The minimum atomic E-state index is -0.779. The van der Waals surface area contributed by atoms with Crippen LogP contribution in [0.3, 0.4) is 0 Å². The Balaban J connectivity index is 1.78. The van der Waals surface area contributed by atoms with Gasteiger partial charge in [-0.3, -0.25) is 19.0 Å². The molecule has 1 aliphatic rings. The Kier molecular flexibility index (Phi) is 7.86. The normalized spacial score (nSPS) is 15.3. The van der Waals surface area contributed by atoms with Crippen molar-refractivity contribution in [3.8, 4) is 11.4 Å². The van der Waals surface area contributed by atoms with Crippen LogP contribution in [0.4, 0.5) is 0 Å². The van der Waals surface area contributed by atoms with Gasteiger partial charge < -0.3 is 14.4 Å². The summed E-state index contributed by atoms with van der Waals surface area (Å²) >= 11 is 0. The molecule has 0 radical (unpaired) electrons. The van der Waals surface area contributed by atoms with E-state index in [4.69, 9.17) is 9.47 Å². The summed E-state index contributed by atoms with van der Waals surface area (Å²) in [6.45, 7) is 4.39. The predicted octanol–water partition coefficient (Wildman–Crippen LogP) is 2.17. The fraction of sp³-hybridized carbons (Fsp3) is 0.370. The molecule has 0 N–H and O–H groups in total. The van der Waals surface area contributed by atoms with Crippen molar-refractivity contribution in [2.45, 2.75) is 33.2 Å². The van der Waals surface area contributed by atoms with Crippen LogP contribution in [0.2, 0.25) is 0 Å². The van der Waals surface area contributed by atoms with E-state index in [1.807, 2.05) is 31.2 Å². The summed E-state index contributed by atoms with van der Waals surface area (Å²) in [4.78, 5) is 54.2. The van der Waals surface area contributed by atoms with Gasteiger partial charge in [0, 0.05) is 13.1 Å². The Hall–Kier alpha value is -4.21. The van der Waals surface area contributed by atoms with Crippen LogP contribution in [-0.4, -0.2) is 57.9 Å². The summed E-state index contributed by atoms with van der Waals surface area (Å²) in [5.74, 6) is -0.883. The highest BCUT2D eigenvalue weighted by atomic mass is 16.5. The average Bonchev–Trinajstić information content (AvgIpc) is 2.92. The van der Waals surface area contributed by atoms with Crippen molar-refractivity contribution in [2.75, 3.05) is 26.8 Å². The number of carbonyl (C=O) groups is 2. The molecule has 0 aliphatic carbocycles. The molecule has 0 bridgehead atoms. The molecule has 1 fully saturated rings. The summed E-state index contributed by atoms with van der Waals surface area (Å²) in [5, 5.41) is 4.22. The largest absolute Gasteiger partial charge is 0.497 e. The van der Waals surface area contributed by atoms with Gasteiger partial charge in [-0.2, -0.15) is 9.78 Å². The first-order valence-corrected chi connectivity index (χ1v) is 12.2. The maximum atomic E-state index is 13.6. The number of hydrogen-bond donors (Lipinski definition) is 0. The minimum Gasteiger partial charge on any atom is -0.497 e. The lowest BCUT2D eigenvalue weighted by atomic mass is 9.98. The van der Waals surface area contributed by atoms with Gasteiger partial charge in [0.15, 0.2) is 0 Å². The Morgan fingerprint density at radius 3 is 2.41 bits per heavy atom. The molecule has 4 rings (SSSR count). The average molecular weight is 507 g/mol. The molecule has 1 aliphatic heterocycles. The molecule has 1 amide bonds. The third-order valence-electron chi connectivity index (χ3n) is 6.37. The third kappa shape index (κ3) is 5.63. The molecule has 3 aromatic rings. The molecular formula is C27H30N4O6. The van der Waals surface area contributed by atoms with Gasteiger partial charge in [0.05, 0.1) is 31.9 Å². The quantitative estimate of drug-likeness (QED) is 0.452. The fourth-order valence-electron chi connectivity index (χ4n) is 4.32. The van der Waals surface area contributed by atoms with Crippen LogP contribution in [0.5, 0.6) is 5.75 Å². The fourth-order valence-corrected chi connectivity index (χ4v) is 4.32. The van der Waals surface area contributed by atoms with Crippen LogP contribution >= 0.6 is 0 Å². The first kappa shape index (κ1) is 25.9. The van der Waals surface area contributed by atoms with Crippen LogP contribution < -0.4 is 16.0 Å². The van der Waals surface area contributed by atoms with Crippen molar-refractivity contribution in [1.29, 1.82) is 0 Å². The van der Waals surface area contributed by atoms with Gasteiger partial charge in [0.1, 0.15) is 5.75 Å². The number of esters is 1. The number of carbonyl (C=O) groups excluding carboxylic acids is 2. The highest BCUT2D eigenvalue weighted by Crippen LogP contribution is 2.19. The number of likely N-dealkylation sites (tertiary alicyclic amines) is 1. The second-order valence-electron chi connectivity index (χ2n) is 8.96. The summed E-state index contributed by atoms with van der Waals surface area (Å²) in [6.07, 6.45) is 1.18. The molecule has 1 unspecified atom stereocenters. The molecule has 2 aromatic carbocycles. The molecule has 10 heteroatoms. The lowest BCUT2D eigenvalue weighted by Gasteiger charge is -2.31. The molecule has 2 heterocycles. The van der Waals surface area contributed by atoms with Gasteiger partial charge in [-0.05, 0) is 56.5 Å². The summed E-state index contributed by atoms with van der Waals surface area (Å²) in [7, 11) is 1.53. The third-order valence-corrected chi connectivity index (χ3v) is 6.37. The molecule has 1 aromatic heterocycles. The summed E-state index contributed by atoms with van der Waals surface area (Å²) < 4.78 is 12.4. The Bertz CT molecular complexity index is 1390. The molecule has 0 saturated carbocycles. The molecule has 10 nitrogen and oxygen atoms in total. The molecule has 37 heavy (non-hydrogen) atoms. The zero-order valence-electron chi connectivity index (χ0n) is 21.2. The van der Waals surface area contributed by atoms with Gasteiger partial charge in [0.25, 0.3) is 11.5 Å². The second-order valence-corrected chi connectivity index (χ2v) is 8.96. The lowest BCUT2D eigenvalue weighted by molar-refractivity contribution is -0.149. The van der Waals surface area contributed by atoms with E-state index >= 15 is 0 Å². The second kappa shape index (κ2) is 11.2. The van der Waals surface area contributed by atoms with E-state index in [-0.39, 0.29) is 31.4 Å². The van der Waals surface area contributed by atoms with E-state index in [0.717, 1.165) is 20.4 Å². The highest BCUT2D eigenvalue weighted by Gasteiger charge is 2.32. The zero-order valence-corrected chi connectivity index (χ0v) is 21.2. The van der Waals surface area contributed by atoms with E-state index in [2.05, 4.69) is 5.10 Å². The summed E-state index contributed by atoms with van der Waals surface area (Å²) in [6, 6.07) is 14.0. The van der Waals surface area contributed by atoms with Gasteiger partial charge >= 0.3 is 11.7 Å². The first-order chi connectivity index (χ1) is 17.8. The molecule has 1 saturated heterocycles. The minimum absolute atomic E-state index is 0.0254. The number of rotatable bonds is 7. The van der Waals surface area contributed by atoms with Crippen LogP contribution in [0, 0.1) is 12.8 Å². The number of aromatic nitrogens is 3. The number of ether oxygens (including phenoxy) is 2. The Labute approximate surface area is 214 Å². The van der Waals surface area contributed by atoms with Gasteiger partial charge in [-0.25, -0.2) is 4.79 Å². The topological polar surface area (TPSA) is 113 Å². The lowest BCUT2D eigenvalue weighted by Crippen LogP contribution is -2.49. The highest BCUT2D eigenvalue weighted by molar-refractivity contribution is 5.92. The number of aryl methyl sites for hydroxylation is 1. The first-order valence-electron chi connectivity index (χ1n) is 12.2. The van der Waals surface area contributed by atoms with Crippen molar-refractivity contribution in [1.82, 2.24) is 19.2 Å². The van der Waals surface area contributed by atoms with E-state index in [1.165, 1.54) is 12.0 Å². The predicted molar refractivity (Wildman–Crippen MR) is 136 cm³/mol. The molecule has 1 atom stereocenters. The monoisotopic (exact) mass is 506 g/mol. The number of hydrogen-bond acceptors (Lipinski definition) is 7. The number of nitrogens with zero attached hydrogens (tertiary/aromatic N) is 4. The Morgan fingerprint density at radius 1 is 1.05 bits per heavy atom. The van der Waals surface area contributed by atoms with Crippen molar-refractivity contribution < 1.29 is 19.1 Å². The maximum Gasteiger partial charge on any atom is 0.352 e. The van der Waals surface area contributed by atoms with Crippen LogP contribution in [-0.2, 0) is 16.1 Å². The van der Waals surface area contributed by atoms with E-state index in [1.54, 1.807) is 31.2 Å². The number of benzene rings is 2. The van der Waals surface area contributed by atoms with Gasteiger partial charge in [-0.1, -0.05) is 29.8 Å². The zero-order chi connectivity index (χ0) is 26.5. The van der Waals surface area contributed by atoms with E-state index < -0.39 is 23.1 Å². The van der Waals surface area contributed by atoms with Crippen molar-refractivity contribution in [3.63, 3.8) is 0 Å². The van der Waals surface area contributed by atoms with E-state index in [9.17, 15) is 19.2 Å². The number of piperidine rings is 1. The van der Waals surface area contributed by atoms with Crippen molar-refractivity contribution in [2.24, 2.45) is 5.92 Å². The van der Waals surface area contributed by atoms with Gasteiger partial charge in [0.2, 0.25) is 5.69 Å². The van der Waals surface area contributed by atoms with E-state index in [0.29, 0.717) is 30.8 Å². The molecule has 194 valence electrons. The standard InChI is InChI=1S/C27H30N4O6/c1-4-37-26(34)20-6-5-15-29(17-20)24(32)23-25(33)30(16-19-9-7-18(2)8-10-19)27(35)31(28-23)21-11-13-22(36-3)14-12-21/h7-14,20H,4-6,15-17H2,1-3H3. The Morgan fingerprint density at radius 2 is 1.76 bits per heavy atom. The van der Waals surface area contributed by atoms with Crippen LogP contribution in [0.1, 0.15) is 41.4 Å². The van der Waals surface area contributed by atoms with Gasteiger partial charge in [-0.15, -0.1) is 0 Å². The van der Waals surface area contributed by atoms with Crippen molar-refractivity contribution in [3.05, 3.63) is 86.2 Å². The summed E-state index contributed by atoms with van der Waals surface area (Å²) in [5.41, 5.74) is 0.316. The van der Waals surface area contributed by atoms with Crippen LogP contribution in [0.15, 0.2) is 58.1 Å². The number of methoxy groups -OCH3 is 1.